The first-order valence-electron chi connectivity index (χ1n) is 25.7. The van der Waals surface area contributed by atoms with Crippen molar-refractivity contribution in [3.8, 4) is 62.2 Å². The standard InChI is InChI=1S/C68H42N6O2/c1-5-17-41(18-6-1)66-70-67(42-19-7-2-8-20-42)72-68(71-66)56-33-45(43-29-31-50-54-36-59-52(38-63(54)75-61(50)34-43)48-25-13-15-27-57(48)73(59)46-21-9-3-10-22-46)40-69-65(56)44-30-32-51-55-37-60-53(39-64(55)76-62(51)35-44)49-26-14-16-28-58(49)74(60)47-23-11-4-12-24-47/h1-2,4-9,11-40H,3,10H2. The first-order chi connectivity index (χ1) is 37.6. The molecule has 0 unspecified atom stereocenters. The molecule has 8 heteroatoms. The fourth-order valence-corrected chi connectivity index (χ4v) is 11.7. The van der Waals surface area contributed by atoms with Crippen molar-refractivity contribution in [1.82, 2.24) is 29.1 Å². The summed E-state index contributed by atoms with van der Waals surface area (Å²) in [6.07, 6.45) is 10.9. The van der Waals surface area contributed by atoms with Crippen LogP contribution in [0.15, 0.2) is 240 Å². The molecule has 0 N–H and O–H groups in total. The van der Waals surface area contributed by atoms with Crippen LogP contribution in [0.3, 0.4) is 0 Å². The Hall–Kier alpha value is -10.2. The summed E-state index contributed by atoms with van der Waals surface area (Å²) in [5.74, 6) is 1.64. The smallest absolute Gasteiger partial charge is 0.166 e. The molecule has 0 amide bonds. The van der Waals surface area contributed by atoms with Gasteiger partial charge in [-0.3, -0.25) is 4.98 Å². The van der Waals surface area contributed by atoms with E-state index in [9.17, 15) is 0 Å². The molecule has 1 aliphatic rings. The van der Waals surface area contributed by atoms with Gasteiger partial charge in [-0.15, -0.1) is 0 Å². The van der Waals surface area contributed by atoms with Crippen molar-refractivity contribution in [3.05, 3.63) is 231 Å². The van der Waals surface area contributed by atoms with Crippen molar-refractivity contribution in [2.24, 2.45) is 0 Å². The highest BCUT2D eigenvalue weighted by Crippen LogP contribution is 2.43. The molecule has 0 bridgehead atoms. The van der Waals surface area contributed by atoms with E-state index in [1.165, 1.54) is 27.4 Å². The van der Waals surface area contributed by atoms with E-state index < -0.39 is 0 Å². The van der Waals surface area contributed by atoms with E-state index in [0.717, 1.165) is 118 Å². The van der Waals surface area contributed by atoms with Crippen molar-refractivity contribution < 1.29 is 8.83 Å². The SMILES string of the molecule is C1=CC(n2c3ccccc3c3cc4oc5cc(-c6cnc(-c7ccc8c(c7)oc7cc9c%10ccccc%10n(-c%10ccccc%10)c9cc78)c(-c7nc(-c8ccccc8)nc(-c8ccccc8)n7)c6)ccc5c4cc32)=CCC1. The van der Waals surface area contributed by atoms with Crippen LogP contribution in [0.1, 0.15) is 12.8 Å². The minimum absolute atomic E-state index is 0.505. The number of furan rings is 2. The monoisotopic (exact) mass is 974 g/mol. The fourth-order valence-electron chi connectivity index (χ4n) is 11.7. The minimum Gasteiger partial charge on any atom is -0.456 e. The third kappa shape index (κ3) is 6.64. The first kappa shape index (κ1) is 42.3. The van der Waals surface area contributed by atoms with Crippen molar-refractivity contribution in [1.29, 1.82) is 0 Å². The normalized spacial score (nSPS) is 12.9. The zero-order chi connectivity index (χ0) is 49.8. The van der Waals surface area contributed by atoms with Gasteiger partial charge in [-0.25, -0.2) is 15.0 Å². The number of para-hydroxylation sites is 3. The summed E-state index contributed by atoms with van der Waals surface area (Å²) >= 11 is 0. The predicted molar refractivity (Wildman–Crippen MR) is 309 cm³/mol. The zero-order valence-corrected chi connectivity index (χ0v) is 40.9. The molecule has 356 valence electrons. The summed E-state index contributed by atoms with van der Waals surface area (Å²) in [7, 11) is 0. The maximum Gasteiger partial charge on any atom is 0.166 e. The van der Waals surface area contributed by atoms with Crippen LogP contribution in [0.4, 0.5) is 0 Å². The average molecular weight is 975 g/mol. The van der Waals surface area contributed by atoms with Crippen LogP contribution in [0.2, 0.25) is 0 Å². The lowest BCUT2D eigenvalue weighted by Gasteiger charge is -2.13. The molecule has 0 saturated carbocycles. The second-order valence-corrected chi connectivity index (χ2v) is 19.7. The Morgan fingerprint density at radius 1 is 0.355 bits per heavy atom. The Morgan fingerprint density at radius 3 is 1.50 bits per heavy atom. The molecule has 16 rings (SSSR count). The summed E-state index contributed by atoms with van der Waals surface area (Å²) in [6, 6.07) is 71.9. The zero-order valence-electron chi connectivity index (χ0n) is 40.9. The van der Waals surface area contributed by atoms with Crippen molar-refractivity contribution >= 4 is 93.2 Å². The predicted octanol–water partition coefficient (Wildman–Crippen LogP) is 17.8. The van der Waals surface area contributed by atoms with Crippen LogP contribution in [0.25, 0.3) is 155 Å². The third-order valence-corrected chi connectivity index (χ3v) is 15.2. The van der Waals surface area contributed by atoms with Gasteiger partial charge in [0.15, 0.2) is 17.5 Å². The molecule has 0 spiro atoms. The Balaban J connectivity index is 0.876. The summed E-state index contributed by atoms with van der Waals surface area (Å²) in [6.45, 7) is 0. The molecule has 0 fully saturated rings. The Bertz CT molecular complexity index is 4870. The van der Waals surface area contributed by atoms with Gasteiger partial charge < -0.3 is 18.0 Å². The summed E-state index contributed by atoms with van der Waals surface area (Å²) < 4.78 is 18.4. The van der Waals surface area contributed by atoms with Crippen LogP contribution in [0, 0.1) is 0 Å². The van der Waals surface area contributed by atoms with Crippen LogP contribution in [-0.4, -0.2) is 29.1 Å². The van der Waals surface area contributed by atoms with E-state index >= 15 is 0 Å². The number of fused-ring (bicyclic) bond motifs is 12. The number of benzene rings is 9. The molecule has 76 heavy (non-hydrogen) atoms. The van der Waals surface area contributed by atoms with E-state index in [1.54, 1.807) is 0 Å². The van der Waals surface area contributed by atoms with Gasteiger partial charge in [0.2, 0.25) is 0 Å². The van der Waals surface area contributed by atoms with Gasteiger partial charge in [-0.1, -0.05) is 140 Å². The first-order valence-corrected chi connectivity index (χ1v) is 25.7. The maximum atomic E-state index is 6.83. The van der Waals surface area contributed by atoms with Gasteiger partial charge in [0.25, 0.3) is 0 Å². The maximum absolute atomic E-state index is 6.83. The molecular weight excluding hydrogens is 933 g/mol. The molecule has 0 aliphatic heterocycles. The topological polar surface area (TPSA) is 87.7 Å². The molecule has 6 heterocycles. The van der Waals surface area contributed by atoms with Gasteiger partial charge in [0.05, 0.1) is 27.8 Å². The van der Waals surface area contributed by atoms with Gasteiger partial charge in [0, 0.05) is 88.5 Å². The number of pyridine rings is 1. The lowest BCUT2D eigenvalue weighted by Crippen LogP contribution is -2.02. The van der Waals surface area contributed by atoms with Gasteiger partial charge >= 0.3 is 0 Å². The van der Waals surface area contributed by atoms with Crippen LogP contribution in [-0.2, 0) is 0 Å². The Labute approximate surface area is 434 Å². The third-order valence-electron chi connectivity index (χ3n) is 15.2. The highest BCUT2D eigenvalue weighted by atomic mass is 16.3. The Morgan fingerprint density at radius 2 is 0.882 bits per heavy atom. The summed E-state index contributed by atoms with van der Waals surface area (Å²) in [5, 5.41) is 8.86. The van der Waals surface area contributed by atoms with E-state index in [0.29, 0.717) is 23.2 Å². The molecule has 15 aromatic rings. The number of allylic oxidation sites excluding steroid dienone is 4. The van der Waals surface area contributed by atoms with Crippen molar-refractivity contribution in [3.63, 3.8) is 0 Å². The van der Waals surface area contributed by atoms with E-state index in [1.807, 2.05) is 66.9 Å². The van der Waals surface area contributed by atoms with Crippen LogP contribution >= 0.6 is 0 Å². The quantitative estimate of drug-likeness (QED) is 0.158. The van der Waals surface area contributed by atoms with Gasteiger partial charge in [0.1, 0.15) is 22.3 Å². The van der Waals surface area contributed by atoms with Gasteiger partial charge in [-0.05, 0) is 103 Å². The fraction of sp³-hybridized carbons (Fsp3) is 0.0294. The minimum atomic E-state index is 0.505. The molecule has 8 nitrogen and oxygen atoms in total. The number of hydrogen-bond donors (Lipinski definition) is 0. The number of nitrogens with zero attached hydrogens (tertiary/aromatic N) is 6. The number of aromatic nitrogens is 6. The van der Waals surface area contributed by atoms with E-state index in [-0.39, 0.29) is 0 Å². The summed E-state index contributed by atoms with van der Waals surface area (Å²) in [5.41, 5.74) is 16.1. The van der Waals surface area contributed by atoms with Crippen molar-refractivity contribution in [2.75, 3.05) is 0 Å². The Kier molecular flexibility index (Phi) is 9.29. The molecule has 0 radical (unpaired) electrons. The average Bonchev–Trinajstić information content (AvgIpc) is 4.29. The lowest BCUT2D eigenvalue weighted by molar-refractivity contribution is 0.669. The van der Waals surface area contributed by atoms with E-state index in [4.69, 9.17) is 28.8 Å². The lowest BCUT2D eigenvalue weighted by atomic mass is 9.98. The van der Waals surface area contributed by atoms with Crippen LogP contribution < -0.4 is 0 Å². The van der Waals surface area contributed by atoms with Crippen LogP contribution in [0.5, 0.6) is 0 Å². The van der Waals surface area contributed by atoms with E-state index in [2.05, 4.69) is 173 Å². The molecule has 1 aliphatic carbocycles. The van der Waals surface area contributed by atoms with Crippen molar-refractivity contribution in [2.45, 2.75) is 12.8 Å². The molecule has 9 aromatic carbocycles. The second-order valence-electron chi connectivity index (χ2n) is 19.7. The molecular formula is C68H42N6O2. The van der Waals surface area contributed by atoms with Gasteiger partial charge in [-0.2, -0.15) is 0 Å². The highest BCUT2D eigenvalue weighted by Gasteiger charge is 2.23. The second kappa shape index (κ2) is 16.7. The molecule has 6 aromatic heterocycles. The number of rotatable bonds is 7. The highest BCUT2D eigenvalue weighted by molar-refractivity contribution is 6.19. The summed E-state index contributed by atoms with van der Waals surface area (Å²) in [4.78, 5) is 20.9. The molecule has 0 atom stereocenters. The largest absolute Gasteiger partial charge is 0.456 e. The molecule has 0 saturated heterocycles. The number of hydrogen-bond acceptors (Lipinski definition) is 6.